The molecule has 0 aromatic rings. The molecular formula is C13H24ClN. The van der Waals surface area contributed by atoms with E-state index >= 15 is 0 Å². The number of hydrogen-bond donors (Lipinski definition) is 0. The van der Waals surface area contributed by atoms with Crippen molar-refractivity contribution in [3.63, 3.8) is 0 Å². The van der Waals surface area contributed by atoms with Gasteiger partial charge in [-0.15, -0.1) is 11.6 Å². The molecule has 1 aliphatic heterocycles. The molecular weight excluding hydrogens is 206 g/mol. The number of hydrogen-bond acceptors (Lipinski definition) is 1. The molecule has 0 radical (unpaired) electrons. The van der Waals surface area contributed by atoms with Crippen LogP contribution in [0.15, 0.2) is 12.2 Å². The molecule has 0 aromatic heterocycles. The maximum atomic E-state index is 5.76. The van der Waals surface area contributed by atoms with E-state index in [-0.39, 0.29) is 0 Å². The monoisotopic (exact) mass is 229 g/mol. The molecule has 1 unspecified atom stereocenters. The quantitative estimate of drug-likeness (QED) is 0.514. The van der Waals surface area contributed by atoms with Gasteiger partial charge in [0.25, 0.3) is 0 Å². The van der Waals surface area contributed by atoms with Crippen molar-refractivity contribution in [2.75, 3.05) is 25.5 Å². The van der Waals surface area contributed by atoms with Gasteiger partial charge in [-0.2, -0.15) is 0 Å². The van der Waals surface area contributed by atoms with E-state index in [1.807, 2.05) is 0 Å². The molecule has 1 heterocycles. The smallest absolute Gasteiger partial charge is 0.0443 e. The van der Waals surface area contributed by atoms with Crippen LogP contribution in [0.4, 0.5) is 0 Å². The third kappa shape index (κ3) is 5.03. The van der Waals surface area contributed by atoms with Crippen molar-refractivity contribution in [1.29, 1.82) is 0 Å². The summed E-state index contributed by atoms with van der Waals surface area (Å²) in [6, 6.07) is 0. The Balaban J connectivity index is 2.29. The fraction of sp³-hybridized carbons (Fsp3) is 0.846. The standard InChI is InChI=1S/C13H24ClN/c1-3-5-13-6-4-8-15(9-7-13)11-12(2)10-14/h13H,2-11H2,1H3. The lowest BCUT2D eigenvalue weighted by Gasteiger charge is -2.20. The number of halogens is 1. The van der Waals surface area contributed by atoms with E-state index in [2.05, 4.69) is 18.4 Å². The zero-order valence-electron chi connectivity index (χ0n) is 9.97. The maximum Gasteiger partial charge on any atom is 0.0443 e. The fourth-order valence-corrected chi connectivity index (χ4v) is 2.52. The van der Waals surface area contributed by atoms with Gasteiger partial charge in [-0.3, -0.25) is 4.90 Å². The van der Waals surface area contributed by atoms with Gasteiger partial charge in [0.2, 0.25) is 0 Å². The Bertz CT molecular complexity index is 191. The summed E-state index contributed by atoms with van der Waals surface area (Å²) >= 11 is 5.76. The Morgan fingerprint density at radius 1 is 1.40 bits per heavy atom. The molecule has 0 spiro atoms. The summed E-state index contributed by atoms with van der Waals surface area (Å²) in [5, 5.41) is 0. The second-order valence-electron chi connectivity index (χ2n) is 4.75. The summed E-state index contributed by atoms with van der Waals surface area (Å²) in [6.07, 6.45) is 6.87. The van der Waals surface area contributed by atoms with Gasteiger partial charge in [0, 0.05) is 12.4 Å². The highest BCUT2D eigenvalue weighted by molar-refractivity contribution is 6.19. The summed E-state index contributed by atoms with van der Waals surface area (Å²) in [5.41, 5.74) is 1.16. The van der Waals surface area contributed by atoms with Gasteiger partial charge < -0.3 is 0 Å². The largest absolute Gasteiger partial charge is 0.299 e. The Hall–Kier alpha value is -0.0100. The molecule has 1 rings (SSSR count). The van der Waals surface area contributed by atoms with Crippen molar-refractivity contribution in [3.05, 3.63) is 12.2 Å². The molecule has 0 N–H and O–H groups in total. The molecule has 1 nitrogen and oxygen atoms in total. The number of rotatable bonds is 5. The van der Waals surface area contributed by atoms with Gasteiger partial charge in [-0.25, -0.2) is 0 Å². The topological polar surface area (TPSA) is 3.24 Å². The average Bonchev–Trinajstić information content (AvgIpc) is 2.45. The first kappa shape index (κ1) is 13.1. The van der Waals surface area contributed by atoms with Crippen LogP contribution in [0.25, 0.3) is 0 Å². The molecule has 1 atom stereocenters. The molecule has 1 fully saturated rings. The van der Waals surface area contributed by atoms with Crippen LogP contribution in [0.1, 0.15) is 39.0 Å². The lowest BCUT2D eigenvalue weighted by atomic mass is 9.96. The summed E-state index contributed by atoms with van der Waals surface area (Å²) in [5.74, 6) is 1.57. The first-order chi connectivity index (χ1) is 7.26. The van der Waals surface area contributed by atoms with Crippen LogP contribution in [0.2, 0.25) is 0 Å². The SMILES string of the molecule is C=C(CCl)CN1CCCC(CCC)CC1. The van der Waals surface area contributed by atoms with Crippen LogP contribution < -0.4 is 0 Å². The van der Waals surface area contributed by atoms with Crippen LogP contribution >= 0.6 is 11.6 Å². The van der Waals surface area contributed by atoms with Crippen LogP contribution in [-0.2, 0) is 0 Å². The van der Waals surface area contributed by atoms with Gasteiger partial charge in [0.1, 0.15) is 0 Å². The van der Waals surface area contributed by atoms with E-state index in [1.165, 1.54) is 45.2 Å². The Labute approximate surface area is 99.5 Å². The third-order valence-electron chi connectivity index (χ3n) is 3.27. The summed E-state index contributed by atoms with van der Waals surface area (Å²) in [7, 11) is 0. The lowest BCUT2D eigenvalue weighted by molar-refractivity contribution is 0.302. The van der Waals surface area contributed by atoms with Gasteiger partial charge in [-0.1, -0.05) is 26.3 Å². The molecule has 88 valence electrons. The minimum Gasteiger partial charge on any atom is -0.299 e. The number of alkyl halides is 1. The zero-order valence-corrected chi connectivity index (χ0v) is 10.7. The van der Waals surface area contributed by atoms with Crippen molar-refractivity contribution in [1.82, 2.24) is 4.90 Å². The zero-order chi connectivity index (χ0) is 11.1. The van der Waals surface area contributed by atoms with Crippen LogP contribution in [-0.4, -0.2) is 30.4 Å². The molecule has 0 aliphatic carbocycles. The minimum absolute atomic E-state index is 0.606. The maximum absolute atomic E-state index is 5.76. The van der Waals surface area contributed by atoms with Crippen molar-refractivity contribution in [2.24, 2.45) is 5.92 Å². The van der Waals surface area contributed by atoms with Crippen molar-refractivity contribution in [2.45, 2.75) is 39.0 Å². The van der Waals surface area contributed by atoms with Gasteiger partial charge in [0.05, 0.1) is 0 Å². The average molecular weight is 230 g/mol. The Morgan fingerprint density at radius 3 is 2.87 bits per heavy atom. The van der Waals surface area contributed by atoms with E-state index in [1.54, 1.807) is 0 Å². The van der Waals surface area contributed by atoms with Crippen LogP contribution in [0.3, 0.4) is 0 Å². The molecule has 2 heteroatoms. The molecule has 0 saturated carbocycles. The molecule has 0 amide bonds. The van der Waals surface area contributed by atoms with Crippen molar-refractivity contribution < 1.29 is 0 Å². The summed E-state index contributed by atoms with van der Waals surface area (Å²) < 4.78 is 0. The predicted octanol–water partition coefficient (Wildman–Crippen LogP) is 3.68. The summed E-state index contributed by atoms with van der Waals surface area (Å²) in [4.78, 5) is 2.51. The molecule has 1 saturated heterocycles. The summed E-state index contributed by atoms with van der Waals surface area (Å²) in [6.45, 7) is 9.74. The lowest BCUT2D eigenvalue weighted by Crippen LogP contribution is -2.27. The highest BCUT2D eigenvalue weighted by Gasteiger charge is 2.16. The Kier molecular flexibility index (Phi) is 6.35. The molecule has 1 aliphatic rings. The van der Waals surface area contributed by atoms with Crippen LogP contribution in [0.5, 0.6) is 0 Å². The van der Waals surface area contributed by atoms with E-state index < -0.39 is 0 Å². The van der Waals surface area contributed by atoms with E-state index in [9.17, 15) is 0 Å². The van der Waals surface area contributed by atoms with Gasteiger partial charge in [0.15, 0.2) is 0 Å². The van der Waals surface area contributed by atoms with Crippen molar-refractivity contribution >= 4 is 11.6 Å². The number of nitrogens with zero attached hydrogens (tertiary/aromatic N) is 1. The highest BCUT2D eigenvalue weighted by atomic mass is 35.5. The third-order valence-corrected chi connectivity index (χ3v) is 3.65. The van der Waals surface area contributed by atoms with Crippen LogP contribution in [0, 0.1) is 5.92 Å². The van der Waals surface area contributed by atoms with Gasteiger partial charge in [-0.05, 0) is 43.8 Å². The molecule has 15 heavy (non-hydrogen) atoms. The van der Waals surface area contributed by atoms with E-state index in [4.69, 9.17) is 11.6 Å². The first-order valence-corrected chi connectivity index (χ1v) is 6.74. The Morgan fingerprint density at radius 2 is 2.20 bits per heavy atom. The van der Waals surface area contributed by atoms with Crippen molar-refractivity contribution in [3.8, 4) is 0 Å². The van der Waals surface area contributed by atoms with E-state index in [0.29, 0.717) is 5.88 Å². The highest BCUT2D eigenvalue weighted by Crippen LogP contribution is 2.22. The van der Waals surface area contributed by atoms with Gasteiger partial charge >= 0.3 is 0 Å². The predicted molar refractivity (Wildman–Crippen MR) is 68.5 cm³/mol. The fourth-order valence-electron chi connectivity index (χ4n) is 2.44. The second kappa shape index (κ2) is 7.29. The molecule has 0 aromatic carbocycles. The van der Waals surface area contributed by atoms with E-state index in [0.717, 1.165) is 18.0 Å². The normalized spacial score (nSPS) is 23.7. The number of likely N-dealkylation sites (tertiary alicyclic amines) is 1. The first-order valence-electron chi connectivity index (χ1n) is 6.21. The molecule has 0 bridgehead atoms. The minimum atomic E-state index is 0.606. The second-order valence-corrected chi connectivity index (χ2v) is 5.01.